The summed E-state index contributed by atoms with van der Waals surface area (Å²) in [4.78, 5) is 17.1. The molecule has 0 fully saturated rings. The molecule has 0 aliphatic heterocycles. The third-order valence-corrected chi connectivity index (χ3v) is 5.77. The molecular weight excluding hydrogens is 388 g/mol. The summed E-state index contributed by atoms with van der Waals surface area (Å²) in [5.41, 5.74) is 1.68. The number of nitrogens with zero attached hydrogens (tertiary/aromatic N) is 5. The van der Waals surface area contributed by atoms with Crippen LogP contribution in [0.15, 0.2) is 53.7 Å². The molecule has 9 nitrogen and oxygen atoms in total. The first kappa shape index (κ1) is 17.2. The number of anilines is 1. The lowest BCUT2D eigenvalue weighted by atomic mass is 10.2. The minimum absolute atomic E-state index is 0.214. The molecule has 0 bridgehead atoms. The third kappa shape index (κ3) is 3.55. The van der Waals surface area contributed by atoms with Crippen LogP contribution in [0.5, 0.6) is 0 Å². The van der Waals surface area contributed by atoms with E-state index in [1.165, 1.54) is 28.4 Å². The van der Waals surface area contributed by atoms with Crippen LogP contribution in [0.2, 0.25) is 0 Å². The van der Waals surface area contributed by atoms with Crippen molar-refractivity contribution in [1.82, 2.24) is 25.2 Å². The van der Waals surface area contributed by atoms with Crippen LogP contribution < -0.4 is 5.32 Å². The zero-order valence-corrected chi connectivity index (χ0v) is 15.5. The molecule has 2 aromatic heterocycles. The Kier molecular flexibility index (Phi) is 4.16. The van der Waals surface area contributed by atoms with Crippen molar-refractivity contribution in [2.75, 3.05) is 11.6 Å². The standard InChI is InChI=1S/C16H12N6O3S2/c1-27(24,25)12-5-6-13-14(8-12)26-16(18-13)19-15(23)10-3-2-4-11(7-10)22-9-17-20-21-22/h2-9H,1H3,(H,18,19,23). The lowest BCUT2D eigenvalue weighted by Gasteiger charge is -2.04. The highest BCUT2D eigenvalue weighted by Gasteiger charge is 2.13. The van der Waals surface area contributed by atoms with Crippen LogP contribution in [0.3, 0.4) is 0 Å². The summed E-state index contributed by atoms with van der Waals surface area (Å²) >= 11 is 1.21. The Bertz CT molecular complexity index is 1250. The van der Waals surface area contributed by atoms with E-state index in [0.29, 0.717) is 26.6 Å². The molecule has 1 amide bonds. The van der Waals surface area contributed by atoms with Crippen LogP contribution in [0, 0.1) is 0 Å². The normalized spacial score (nSPS) is 11.6. The fourth-order valence-corrected chi connectivity index (χ4v) is 4.05. The van der Waals surface area contributed by atoms with Gasteiger partial charge in [-0.25, -0.2) is 18.1 Å². The van der Waals surface area contributed by atoms with Crippen LogP contribution in [-0.2, 0) is 9.84 Å². The van der Waals surface area contributed by atoms with E-state index in [0.717, 1.165) is 6.26 Å². The third-order valence-electron chi connectivity index (χ3n) is 3.73. The number of carbonyl (C=O) groups excluding carboxylic acids is 1. The summed E-state index contributed by atoms with van der Waals surface area (Å²) in [6.07, 6.45) is 2.58. The fourth-order valence-electron chi connectivity index (χ4n) is 2.43. The summed E-state index contributed by atoms with van der Waals surface area (Å²) in [5, 5.41) is 14.1. The summed E-state index contributed by atoms with van der Waals surface area (Å²) < 4.78 is 25.5. The number of amides is 1. The quantitative estimate of drug-likeness (QED) is 0.556. The molecule has 2 heterocycles. The van der Waals surface area contributed by atoms with E-state index in [1.54, 1.807) is 36.4 Å². The largest absolute Gasteiger partial charge is 0.298 e. The molecule has 0 unspecified atom stereocenters. The number of hydrogen-bond acceptors (Lipinski definition) is 8. The van der Waals surface area contributed by atoms with Gasteiger partial charge in [-0.1, -0.05) is 17.4 Å². The second-order valence-electron chi connectivity index (χ2n) is 5.68. The highest BCUT2D eigenvalue weighted by molar-refractivity contribution is 7.90. The van der Waals surface area contributed by atoms with E-state index in [4.69, 9.17) is 0 Å². The lowest BCUT2D eigenvalue weighted by Crippen LogP contribution is -2.12. The smallest absolute Gasteiger partial charge is 0.257 e. The summed E-state index contributed by atoms with van der Waals surface area (Å²) in [6, 6.07) is 11.5. The fraction of sp³-hybridized carbons (Fsp3) is 0.0625. The van der Waals surface area contributed by atoms with Gasteiger partial charge in [0.15, 0.2) is 15.0 Å². The minimum Gasteiger partial charge on any atom is -0.298 e. The summed E-state index contributed by atoms with van der Waals surface area (Å²) in [5.74, 6) is -0.340. The van der Waals surface area contributed by atoms with Gasteiger partial charge in [-0.3, -0.25) is 10.1 Å². The van der Waals surface area contributed by atoms with Crippen LogP contribution >= 0.6 is 11.3 Å². The van der Waals surface area contributed by atoms with Crippen molar-refractivity contribution in [2.45, 2.75) is 4.90 Å². The van der Waals surface area contributed by atoms with Gasteiger partial charge < -0.3 is 0 Å². The minimum atomic E-state index is -3.30. The molecule has 11 heteroatoms. The summed E-state index contributed by atoms with van der Waals surface area (Å²) in [7, 11) is -3.30. The number of aromatic nitrogens is 5. The van der Waals surface area contributed by atoms with Crippen molar-refractivity contribution in [3.05, 3.63) is 54.4 Å². The number of tetrazole rings is 1. The Morgan fingerprint density at radius 2 is 2.04 bits per heavy atom. The Balaban J connectivity index is 1.60. The van der Waals surface area contributed by atoms with Crippen LogP contribution in [0.4, 0.5) is 5.13 Å². The Hall–Kier alpha value is -3.18. The van der Waals surface area contributed by atoms with Crippen molar-refractivity contribution < 1.29 is 13.2 Å². The SMILES string of the molecule is CS(=O)(=O)c1ccc2nc(NC(=O)c3cccc(-n4cnnn4)c3)sc2c1. The van der Waals surface area contributed by atoms with Gasteiger partial charge in [0.05, 0.1) is 20.8 Å². The average molecular weight is 400 g/mol. The second kappa shape index (κ2) is 6.52. The predicted octanol–water partition coefficient (Wildman–Crippen LogP) is 1.93. The van der Waals surface area contributed by atoms with Gasteiger partial charge in [0.1, 0.15) is 6.33 Å². The molecule has 27 heavy (non-hydrogen) atoms. The van der Waals surface area contributed by atoms with Gasteiger partial charge in [0.2, 0.25) is 0 Å². The van der Waals surface area contributed by atoms with E-state index in [-0.39, 0.29) is 10.8 Å². The molecule has 4 aromatic rings. The number of thiazole rings is 1. The van der Waals surface area contributed by atoms with E-state index in [9.17, 15) is 13.2 Å². The van der Waals surface area contributed by atoms with Gasteiger partial charge in [-0.2, -0.15) is 0 Å². The maximum atomic E-state index is 12.5. The first-order valence-corrected chi connectivity index (χ1v) is 10.4. The van der Waals surface area contributed by atoms with Crippen LogP contribution in [-0.4, -0.2) is 45.8 Å². The van der Waals surface area contributed by atoms with Gasteiger partial charge in [-0.15, -0.1) is 5.10 Å². The zero-order chi connectivity index (χ0) is 19.0. The molecular formula is C16H12N6O3S2. The second-order valence-corrected chi connectivity index (χ2v) is 8.73. The lowest BCUT2D eigenvalue weighted by molar-refractivity contribution is 0.102. The monoisotopic (exact) mass is 400 g/mol. The van der Waals surface area contributed by atoms with E-state index in [2.05, 4.69) is 25.8 Å². The molecule has 0 radical (unpaired) electrons. The molecule has 0 aliphatic carbocycles. The Labute approximate surface area is 157 Å². The van der Waals surface area contributed by atoms with Crippen LogP contribution in [0.25, 0.3) is 15.9 Å². The van der Waals surface area contributed by atoms with Crippen molar-refractivity contribution in [3.8, 4) is 5.69 Å². The van der Waals surface area contributed by atoms with Gasteiger partial charge in [0.25, 0.3) is 5.91 Å². The Morgan fingerprint density at radius 1 is 1.19 bits per heavy atom. The maximum absolute atomic E-state index is 12.5. The van der Waals surface area contributed by atoms with Gasteiger partial charge in [-0.05, 0) is 46.8 Å². The highest BCUT2D eigenvalue weighted by atomic mass is 32.2. The average Bonchev–Trinajstić information content (AvgIpc) is 3.29. The molecule has 0 aliphatic rings. The molecule has 2 aromatic carbocycles. The molecule has 0 saturated heterocycles. The van der Waals surface area contributed by atoms with E-state index >= 15 is 0 Å². The number of fused-ring (bicyclic) bond motifs is 1. The molecule has 1 N–H and O–H groups in total. The number of sulfone groups is 1. The van der Waals surface area contributed by atoms with E-state index in [1.807, 2.05) is 0 Å². The van der Waals surface area contributed by atoms with Gasteiger partial charge >= 0.3 is 0 Å². The topological polar surface area (TPSA) is 120 Å². The molecule has 0 atom stereocenters. The van der Waals surface area contributed by atoms with Crippen molar-refractivity contribution >= 4 is 42.4 Å². The number of nitrogens with one attached hydrogen (secondary N) is 1. The van der Waals surface area contributed by atoms with Crippen LogP contribution in [0.1, 0.15) is 10.4 Å². The first-order chi connectivity index (χ1) is 12.9. The number of hydrogen-bond donors (Lipinski definition) is 1. The molecule has 136 valence electrons. The van der Waals surface area contributed by atoms with Gasteiger partial charge in [0, 0.05) is 11.8 Å². The first-order valence-electron chi connectivity index (χ1n) is 7.65. The van der Waals surface area contributed by atoms with Crippen molar-refractivity contribution in [2.24, 2.45) is 0 Å². The summed E-state index contributed by atoms with van der Waals surface area (Å²) in [6.45, 7) is 0. The molecule has 0 spiro atoms. The molecule has 4 rings (SSSR count). The number of benzene rings is 2. The maximum Gasteiger partial charge on any atom is 0.257 e. The highest BCUT2D eigenvalue weighted by Crippen LogP contribution is 2.28. The van der Waals surface area contributed by atoms with E-state index < -0.39 is 9.84 Å². The molecule has 0 saturated carbocycles. The Morgan fingerprint density at radius 3 is 2.78 bits per heavy atom. The van der Waals surface area contributed by atoms with Crippen molar-refractivity contribution in [1.29, 1.82) is 0 Å². The number of rotatable bonds is 4. The zero-order valence-electron chi connectivity index (χ0n) is 13.9. The predicted molar refractivity (Wildman–Crippen MR) is 99.8 cm³/mol. The van der Waals surface area contributed by atoms with Crippen molar-refractivity contribution in [3.63, 3.8) is 0 Å². The number of carbonyl (C=O) groups is 1.